The van der Waals surface area contributed by atoms with Crippen LogP contribution in [0.4, 0.5) is 11.4 Å². The molecule has 0 fully saturated rings. The van der Waals surface area contributed by atoms with Crippen molar-refractivity contribution in [3.63, 3.8) is 0 Å². The molecule has 4 N–H and O–H groups in total. The van der Waals surface area contributed by atoms with Gasteiger partial charge in [0, 0.05) is 11.3 Å². The molecule has 3 aromatic carbocycles. The van der Waals surface area contributed by atoms with Crippen molar-refractivity contribution in [1.29, 1.82) is 0 Å². The van der Waals surface area contributed by atoms with E-state index < -0.39 is 5.91 Å². The zero-order valence-electron chi connectivity index (χ0n) is 19.3. The summed E-state index contributed by atoms with van der Waals surface area (Å²) in [4.78, 5) is 12.5. The number of rotatable bonds is 7. The number of benzene rings is 3. The molecular formula is C25H25N5O4. The van der Waals surface area contributed by atoms with Crippen LogP contribution >= 0.6 is 0 Å². The van der Waals surface area contributed by atoms with Crippen molar-refractivity contribution in [2.24, 2.45) is 10.2 Å². The summed E-state index contributed by atoms with van der Waals surface area (Å²) in [5, 5.41) is 8.51. The Morgan fingerprint density at radius 2 is 1.68 bits per heavy atom. The molecule has 9 heteroatoms. The molecule has 34 heavy (non-hydrogen) atoms. The van der Waals surface area contributed by atoms with Crippen LogP contribution < -0.4 is 30.8 Å². The molecule has 1 heterocycles. The van der Waals surface area contributed by atoms with Gasteiger partial charge in [-0.3, -0.25) is 10.2 Å². The fourth-order valence-corrected chi connectivity index (χ4v) is 3.67. The molecule has 0 bridgehead atoms. The number of nitrogens with zero attached hydrogens (tertiary/aromatic N) is 2. The summed E-state index contributed by atoms with van der Waals surface area (Å²) >= 11 is 0. The zero-order valence-corrected chi connectivity index (χ0v) is 19.3. The molecule has 0 atom stereocenters. The summed E-state index contributed by atoms with van der Waals surface area (Å²) < 4.78 is 16.2. The van der Waals surface area contributed by atoms with Crippen LogP contribution in [-0.4, -0.2) is 38.7 Å². The van der Waals surface area contributed by atoms with Crippen molar-refractivity contribution in [1.82, 2.24) is 5.43 Å². The standard InChI is InChI=1S/C25H25N5O4/c1-14-8-9-18(13-19(14)15-6-5-7-17(26)10-15)27-29-23-22(28-30-25(23)31)16-11-20(32-2)24(34-4)21(12-16)33-3/h5-13,27H,26H2,1-4H3,(H,29,30,31). The second-order valence-electron chi connectivity index (χ2n) is 7.54. The number of hydrazone groups is 2. The minimum atomic E-state index is -0.431. The summed E-state index contributed by atoms with van der Waals surface area (Å²) in [5.74, 6) is 0.893. The van der Waals surface area contributed by atoms with Crippen LogP contribution in [0.3, 0.4) is 0 Å². The van der Waals surface area contributed by atoms with Gasteiger partial charge in [0.2, 0.25) is 5.75 Å². The fraction of sp³-hybridized carbons (Fsp3) is 0.160. The third kappa shape index (κ3) is 4.36. The molecule has 0 spiro atoms. The smallest absolute Gasteiger partial charge is 0.294 e. The van der Waals surface area contributed by atoms with Gasteiger partial charge in [0.1, 0.15) is 5.71 Å². The maximum Gasteiger partial charge on any atom is 0.294 e. The Hall–Kier alpha value is -4.53. The molecule has 1 aliphatic rings. The first-order valence-electron chi connectivity index (χ1n) is 10.4. The number of ether oxygens (including phenoxy) is 3. The monoisotopic (exact) mass is 459 g/mol. The highest BCUT2D eigenvalue weighted by molar-refractivity contribution is 6.72. The quantitative estimate of drug-likeness (QED) is 0.367. The Morgan fingerprint density at radius 1 is 0.941 bits per heavy atom. The number of hydrogen-bond acceptors (Lipinski definition) is 8. The average Bonchev–Trinajstić information content (AvgIpc) is 3.22. The van der Waals surface area contributed by atoms with Crippen LogP contribution in [0.5, 0.6) is 17.2 Å². The third-order valence-corrected chi connectivity index (χ3v) is 5.38. The lowest BCUT2D eigenvalue weighted by Crippen LogP contribution is -2.25. The molecule has 1 aliphatic heterocycles. The van der Waals surface area contributed by atoms with Crippen LogP contribution in [0.15, 0.2) is 64.8 Å². The van der Waals surface area contributed by atoms with Gasteiger partial charge in [0.15, 0.2) is 17.2 Å². The molecule has 0 saturated heterocycles. The van der Waals surface area contributed by atoms with E-state index in [-0.39, 0.29) is 5.71 Å². The fourth-order valence-electron chi connectivity index (χ4n) is 3.67. The van der Waals surface area contributed by atoms with Crippen molar-refractivity contribution in [3.8, 4) is 28.4 Å². The van der Waals surface area contributed by atoms with Gasteiger partial charge in [-0.25, -0.2) is 5.43 Å². The maximum atomic E-state index is 12.5. The first-order valence-corrected chi connectivity index (χ1v) is 10.4. The number of nitrogen functional groups attached to an aromatic ring is 1. The number of anilines is 2. The zero-order chi connectivity index (χ0) is 24.2. The van der Waals surface area contributed by atoms with E-state index in [9.17, 15) is 4.79 Å². The first kappa shape index (κ1) is 22.7. The molecular weight excluding hydrogens is 434 g/mol. The van der Waals surface area contributed by atoms with E-state index >= 15 is 0 Å². The number of hydrogen-bond donors (Lipinski definition) is 3. The molecule has 0 radical (unpaired) electrons. The first-order chi connectivity index (χ1) is 16.4. The van der Waals surface area contributed by atoms with Gasteiger partial charge in [0.05, 0.1) is 27.0 Å². The lowest BCUT2D eigenvalue weighted by molar-refractivity contribution is -0.114. The Bertz CT molecular complexity index is 1290. The van der Waals surface area contributed by atoms with Gasteiger partial charge in [-0.2, -0.15) is 10.2 Å². The Labute approximate surface area is 197 Å². The summed E-state index contributed by atoms with van der Waals surface area (Å²) in [5.41, 5.74) is 16.9. The van der Waals surface area contributed by atoms with Gasteiger partial charge < -0.3 is 19.9 Å². The maximum absolute atomic E-state index is 12.5. The van der Waals surface area contributed by atoms with E-state index in [0.29, 0.717) is 39.9 Å². The Morgan fingerprint density at radius 3 is 2.32 bits per heavy atom. The average molecular weight is 460 g/mol. The summed E-state index contributed by atoms with van der Waals surface area (Å²) in [6, 6.07) is 16.9. The van der Waals surface area contributed by atoms with Crippen molar-refractivity contribution < 1.29 is 19.0 Å². The van der Waals surface area contributed by atoms with Crippen LogP contribution in [0, 0.1) is 6.92 Å². The van der Waals surface area contributed by atoms with E-state index in [4.69, 9.17) is 19.9 Å². The van der Waals surface area contributed by atoms with E-state index in [1.807, 2.05) is 49.4 Å². The highest BCUT2D eigenvalue weighted by Crippen LogP contribution is 2.38. The molecule has 0 saturated carbocycles. The predicted octanol–water partition coefficient (Wildman–Crippen LogP) is 3.57. The molecule has 4 rings (SSSR count). The molecule has 0 aliphatic carbocycles. The van der Waals surface area contributed by atoms with E-state index in [1.54, 1.807) is 12.1 Å². The Balaban J connectivity index is 1.67. The second-order valence-corrected chi connectivity index (χ2v) is 7.54. The van der Waals surface area contributed by atoms with Gasteiger partial charge in [-0.1, -0.05) is 18.2 Å². The second kappa shape index (κ2) is 9.53. The van der Waals surface area contributed by atoms with E-state index in [2.05, 4.69) is 21.1 Å². The van der Waals surface area contributed by atoms with Crippen LogP contribution in [0.1, 0.15) is 11.1 Å². The van der Waals surface area contributed by atoms with Crippen molar-refractivity contribution in [2.75, 3.05) is 32.5 Å². The topological polar surface area (TPSA) is 120 Å². The lowest BCUT2D eigenvalue weighted by atomic mass is 9.99. The van der Waals surface area contributed by atoms with Gasteiger partial charge in [0.25, 0.3) is 5.91 Å². The summed E-state index contributed by atoms with van der Waals surface area (Å²) in [6.07, 6.45) is 0. The minimum absolute atomic E-state index is 0.125. The van der Waals surface area contributed by atoms with Crippen LogP contribution in [0.25, 0.3) is 11.1 Å². The molecule has 1 amide bonds. The highest BCUT2D eigenvalue weighted by Gasteiger charge is 2.28. The number of carbonyl (C=O) groups excluding carboxylic acids is 1. The molecule has 174 valence electrons. The van der Waals surface area contributed by atoms with Gasteiger partial charge >= 0.3 is 0 Å². The number of amides is 1. The van der Waals surface area contributed by atoms with Crippen LogP contribution in [0.2, 0.25) is 0 Å². The van der Waals surface area contributed by atoms with Crippen LogP contribution in [-0.2, 0) is 4.79 Å². The van der Waals surface area contributed by atoms with E-state index in [0.717, 1.165) is 16.7 Å². The predicted molar refractivity (Wildman–Crippen MR) is 133 cm³/mol. The summed E-state index contributed by atoms with van der Waals surface area (Å²) in [7, 11) is 4.56. The van der Waals surface area contributed by atoms with Crippen molar-refractivity contribution in [3.05, 3.63) is 65.7 Å². The SMILES string of the molecule is COc1cc(C2=NNC(=O)/C2=N/Nc2ccc(C)c(-c3cccc(N)c3)c2)cc(OC)c1OC. The number of aryl methyl sites for hydroxylation is 1. The number of nitrogens with one attached hydrogen (secondary N) is 2. The van der Waals surface area contributed by atoms with Gasteiger partial charge in [-0.15, -0.1) is 0 Å². The highest BCUT2D eigenvalue weighted by atomic mass is 16.5. The van der Waals surface area contributed by atoms with Crippen molar-refractivity contribution in [2.45, 2.75) is 6.92 Å². The molecule has 3 aromatic rings. The normalized spacial score (nSPS) is 13.9. The van der Waals surface area contributed by atoms with E-state index in [1.165, 1.54) is 21.3 Å². The largest absolute Gasteiger partial charge is 0.493 e. The molecule has 0 aromatic heterocycles. The number of methoxy groups -OCH3 is 3. The number of nitrogens with two attached hydrogens (primary N) is 1. The third-order valence-electron chi connectivity index (χ3n) is 5.38. The molecule has 0 unspecified atom stereocenters. The van der Waals surface area contributed by atoms with Gasteiger partial charge in [-0.05, 0) is 60.0 Å². The Kier molecular flexibility index (Phi) is 6.35. The molecule has 9 nitrogen and oxygen atoms in total. The van der Waals surface area contributed by atoms with Crippen molar-refractivity contribution >= 4 is 28.7 Å². The lowest BCUT2D eigenvalue weighted by Gasteiger charge is -2.14. The number of carbonyl (C=O) groups is 1. The summed E-state index contributed by atoms with van der Waals surface area (Å²) in [6.45, 7) is 2.02. The minimum Gasteiger partial charge on any atom is -0.493 e.